The third-order valence-electron chi connectivity index (χ3n) is 5.62. The maximum absolute atomic E-state index is 12.7. The van der Waals surface area contributed by atoms with Gasteiger partial charge in [0, 0.05) is 0 Å². The number of sulfone groups is 1. The Morgan fingerprint density at radius 3 is 1.96 bits per heavy atom. The van der Waals surface area contributed by atoms with Crippen molar-refractivity contribution in [2.75, 3.05) is 0 Å². The lowest BCUT2D eigenvalue weighted by Gasteiger charge is -2.32. The molecule has 1 aliphatic carbocycles. The van der Waals surface area contributed by atoms with Crippen LogP contribution < -0.4 is 5.46 Å². The van der Waals surface area contributed by atoms with Crippen LogP contribution in [-0.4, -0.2) is 31.5 Å². The molecule has 23 heavy (non-hydrogen) atoms. The highest BCUT2D eigenvalue weighted by molar-refractivity contribution is 7.93. The van der Waals surface area contributed by atoms with Gasteiger partial charge in [0.05, 0.1) is 20.8 Å². The normalized spacial score (nSPS) is 24.7. The van der Waals surface area contributed by atoms with Crippen molar-refractivity contribution in [1.82, 2.24) is 0 Å². The third kappa shape index (κ3) is 2.55. The molecule has 2 fully saturated rings. The van der Waals surface area contributed by atoms with E-state index in [-0.39, 0.29) is 0 Å². The molecule has 0 radical (unpaired) electrons. The van der Waals surface area contributed by atoms with Gasteiger partial charge in [-0.1, -0.05) is 12.1 Å². The molecule has 6 heteroatoms. The van der Waals surface area contributed by atoms with Gasteiger partial charge in [0.1, 0.15) is 0 Å². The van der Waals surface area contributed by atoms with Gasteiger partial charge in [-0.15, -0.1) is 0 Å². The standard InChI is InChI=1S/C17H25BO4S/c1-12-11-13(18-21-15(2,3)16(4,5)22-18)7-8-14(12)23(19,20)17(6)9-10-17/h7-8,11H,9-10H2,1-6H3. The van der Waals surface area contributed by atoms with E-state index in [2.05, 4.69) is 0 Å². The van der Waals surface area contributed by atoms with E-state index in [1.807, 2.05) is 53.7 Å². The number of hydrogen-bond acceptors (Lipinski definition) is 4. The lowest BCUT2D eigenvalue weighted by Crippen LogP contribution is -2.41. The van der Waals surface area contributed by atoms with E-state index >= 15 is 0 Å². The minimum Gasteiger partial charge on any atom is -0.399 e. The maximum atomic E-state index is 12.7. The molecule has 0 aromatic heterocycles. The maximum Gasteiger partial charge on any atom is 0.494 e. The fraction of sp³-hybridized carbons (Fsp3) is 0.647. The SMILES string of the molecule is Cc1cc(B2OC(C)(C)C(C)(C)O2)ccc1S(=O)(=O)C1(C)CC1. The first-order valence-electron chi connectivity index (χ1n) is 8.11. The molecule has 126 valence electrons. The second-order valence-corrected chi connectivity index (χ2v) is 10.5. The number of benzene rings is 1. The Kier molecular flexibility index (Phi) is 3.57. The average Bonchev–Trinajstić information content (AvgIpc) is 3.11. The van der Waals surface area contributed by atoms with E-state index in [4.69, 9.17) is 9.31 Å². The molecular weight excluding hydrogens is 311 g/mol. The highest BCUT2D eigenvalue weighted by atomic mass is 32.2. The molecule has 0 atom stereocenters. The van der Waals surface area contributed by atoms with Crippen LogP contribution in [0.4, 0.5) is 0 Å². The van der Waals surface area contributed by atoms with Gasteiger partial charge in [-0.3, -0.25) is 0 Å². The number of hydrogen-bond donors (Lipinski definition) is 0. The van der Waals surface area contributed by atoms with Gasteiger partial charge < -0.3 is 9.31 Å². The Morgan fingerprint density at radius 2 is 1.52 bits per heavy atom. The molecule has 1 saturated heterocycles. The topological polar surface area (TPSA) is 52.6 Å². The Hall–Kier alpha value is -0.845. The first kappa shape index (κ1) is 17.0. The predicted molar refractivity (Wildman–Crippen MR) is 91.7 cm³/mol. The quantitative estimate of drug-likeness (QED) is 0.797. The zero-order valence-corrected chi connectivity index (χ0v) is 15.6. The van der Waals surface area contributed by atoms with Crippen LogP contribution in [0.3, 0.4) is 0 Å². The van der Waals surface area contributed by atoms with Crippen molar-refractivity contribution < 1.29 is 17.7 Å². The summed E-state index contributed by atoms with van der Waals surface area (Å²) in [6.45, 7) is 11.7. The minimum atomic E-state index is -3.26. The Labute approximate surface area is 139 Å². The summed E-state index contributed by atoms with van der Waals surface area (Å²) in [4.78, 5) is 0.428. The van der Waals surface area contributed by atoms with E-state index in [9.17, 15) is 8.42 Å². The van der Waals surface area contributed by atoms with E-state index in [1.165, 1.54) is 0 Å². The fourth-order valence-corrected chi connectivity index (χ4v) is 4.71. The van der Waals surface area contributed by atoms with Crippen molar-refractivity contribution in [2.24, 2.45) is 0 Å². The summed E-state index contributed by atoms with van der Waals surface area (Å²) in [5, 5.41) is 0. The molecule has 0 amide bonds. The molecule has 0 N–H and O–H groups in total. The molecule has 3 rings (SSSR count). The van der Waals surface area contributed by atoms with Crippen molar-refractivity contribution >= 4 is 22.4 Å². The van der Waals surface area contributed by atoms with Crippen LogP contribution in [-0.2, 0) is 19.1 Å². The van der Waals surface area contributed by atoms with Gasteiger partial charge in [-0.05, 0) is 71.5 Å². The summed E-state index contributed by atoms with van der Waals surface area (Å²) in [7, 11) is -3.73. The van der Waals surface area contributed by atoms with Crippen LogP contribution in [0.1, 0.15) is 53.0 Å². The van der Waals surface area contributed by atoms with Gasteiger partial charge in [0.15, 0.2) is 9.84 Å². The summed E-state index contributed by atoms with van der Waals surface area (Å²) in [5.74, 6) is 0. The third-order valence-corrected chi connectivity index (χ3v) is 8.36. The Morgan fingerprint density at radius 1 is 1.00 bits per heavy atom. The van der Waals surface area contributed by atoms with Crippen molar-refractivity contribution in [3.8, 4) is 0 Å². The molecule has 1 aliphatic heterocycles. The molecule has 1 aromatic rings. The largest absolute Gasteiger partial charge is 0.494 e. The summed E-state index contributed by atoms with van der Waals surface area (Å²) in [5.41, 5.74) is 0.807. The van der Waals surface area contributed by atoms with E-state index < -0.39 is 32.9 Å². The second kappa shape index (κ2) is 4.84. The van der Waals surface area contributed by atoms with E-state index in [0.717, 1.165) is 23.9 Å². The zero-order chi connectivity index (χ0) is 17.3. The highest BCUT2D eigenvalue weighted by Gasteiger charge is 2.53. The van der Waals surface area contributed by atoms with Gasteiger partial charge in [0.2, 0.25) is 0 Å². The first-order valence-corrected chi connectivity index (χ1v) is 9.59. The lowest BCUT2D eigenvalue weighted by molar-refractivity contribution is 0.00578. The summed E-state index contributed by atoms with van der Waals surface area (Å²) < 4.78 is 36.9. The van der Waals surface area contributed by atoms with Crippen LogP contribution in [0.2, 0.25) is 0 Å². The van der Waals surface area contributed by atoms with Gasteiger partial charge in [0.25, 0.3) is 0 Å². The number of aryl methyl sites for hydroxylation is 1. The molecule has 2 aliphatic rings. The van der Waals surface area contributed by atoms with Gasteiger partial charge >= 0.3 is 7.12 Å². The predicted octanol–water partition coefficient (Wildman–Crippen LogP) is 2.62. The zero-order valence-electron chi connectivity index (χ0n) is 14.8. The molecule has 1 heterocycles. The van der Waals surface area contributed by atoms with Crippen LogP contribution >= 0.6 is 0 Å². The van der Waals surface area contributed by atoms with Gasteiger partial charge in [-0.25, -0.2) is 8.42 Å². The van der Waals surface area contributed by atoms with Crippen molar-refractivity contribution in [1.29, 1.82) is 0 Å². The first-order chi connectivity index (χ1) is 10.4. The molecule has 4 nitrogen and oxygen atoms in total. The fourth-order valence-electron chi connectivity index (χ4n) is 2.81. The minimum absolute atomic E-state index is 0.405. The second-order valence-electron chi connectivity index (χ2n) is 8.07. The molecule has 0 bridgehead atoms. The van der Waals surface area contributed by atoms with Crippen molar-refractivity contribution in [2.45, 2.75) is 75.2 Å². The van der Waals surface area contributed by atoms with Crippen molar-refractivity contribution in [3.05, 3.63) is 23.8 Å². The highest BCUT2D eigenvalue weighted by Crippen LogP contribution is 2.46. The molecule has 1 saturated carbocycles. The molecule has 0 unspecified atom stereocenters. The van der Waals surface area contributed by atoms with Crippen molar-refractivity contribution in [3.63, 3.8) is 0 Å². The summed E-state index contributed by atoms with van der Waals surface area (Å²) in [6, 6.07) is 5.39. The van der Waals surface area contributed by atoms with Crippen LogP contribution in [0.5, 0.6) is 0 Å². The van der Waals surface area contributed by atoms with Crippen LogP contribution in [0.25, 0.3) is 0 Å². The smallest absolute Gasteiger partial charge is 0.399 e. The summed E-state index contributed by atoms with van der Waals surface area (Å²) in [6.07, 6.45) is 1.49. The summed E-state index contributed by atoms with van der Waals surface area (Å²) >= 11 is 0. The Bertz CT molecular complexity index is 732. The van der Waals surface area contributed by atoms with E-state index in [0.29, 0.717) is 4.90 Å². The average molecular weight is 336 g/mol. The lowest BCUT2D eigenvalue weighted by atomic mass is 9.78. The molecule has 1 aromatic carbocycles. The molecular formula is C17H25BO4S. The Balaban J connectivity index is 1.93. The van der Waals surface area contributed by atoms with E-state index in [1.54, 1.807) is 6.07 Å². The molecule has 0 spiro atoms. The number of rotatable bonds is 3. The van der Waals surface area contributed by atoms with Crippen LogP contribution in [0, 0.1) is 6.92 Å². The van der Waals surface area contributed by atoms with Gasteiger partial charge in [-0.2, -0.15) is 0 Å². The van der Waals surface area contributed by atoms with Crippen LogP contribution in [0.15, 0.2) is 23.1 Å². The monoisotopic (exact) mass is 336 g/mol.